The summed E-state index contributed by atoms with van der Waals surface area (Å²) in [5.41, 5.74) is 11.8. The maximum Gasteiger partial charge on any atom is 0.209 e. The van der Waals surface area contributed by atoms with E-state index in [1.54, 1.807) is 0 Å². The zero-order valence-electron chi connectivity index (χ0n) is 13.9. The fraction of sp³-hybridized carbons (Fsp3) is 0.250. The number of fused-ring (bicyclic) bond motifs is 1. The topological polar surface area (TPSA) is 29.0 Å². The van der Waals surface area contributed by atoms with Crippen molar-refractivity contribution in [2.75, 3.05) is 12.3 Å². The first kappa shape index (κ1) is 17.3. The van der Waals surface area contributed by atoms with Gasteiger partial charge in [-0.15, -0.1) is 0 Å². The number of nitrogen functional groups attached to an aromatic ring is 1. The zero-order chi connectivity index (χ0) is 15.7. The Labute approximate surface area is 144 Å². The molecule has 1 aliphatic heterocycles. The number of allylic oxidation sites excluding steroid dienone is 1. The van der Waals surface area contributed by atoms with Crippen LogP contribution in [0.4, 0.5) is 11.4 Å². The van der Waals surface area contributed by atoms with Gasteiger partial charge in [-0.25, -0.2) is 0 Å². The van der Waals surface area contributed by atoms with Gasteiger partial charge in [-0.3, -0.25) is 0 Å². The summed E-state index contributed by atoms with van der Waals surface area (Å²) in [6, 6.07) is 16.7. The van der Waals surface area contributed by atoms with E-state index < -0.39 is 0 Å². The highest BCUT2D eigenvalue weighted by molar-refractivity contribution is 6.05. The van der Waals surface area contributed by atoms with Crippen molar-refractivity contribution in [3.63, 3.8) is 0 Å². The predicted octanol–water partition coefficient (Wildman–Crippen LogP) is 1.38. The lowest BCUT2D eigenvalue weighted by Crippen LogP contribution is -3.00. The molecular weight excluding hydrogens is 304 g/mol. The van der Waals surface area contributed by atoms with Crippen molar-refractivity contribution in [1.29, 1.82) is 0 Å². The highest BCUT2D eigenvalue weighted by atomic mass is 35.5. The summed E-state index contributed by atoms with van der Waals surface area (Å²) in [5, 5.41) is 0. The van der Waals surface area contributed by atoms with Crippen LogP contribution in [0.5, 0.6) is 0 Å². The van der Waals surface area contributed by atoms with Gasteiger partial charge in [0, 0.05) is 23.4 Å². The molecule has 120 valence electrons. The molecule has 3 rings (SSSR count). The van der Waals surface area contributed by atoms with Gasteiger partial charge >= 0.3 is 0 Å². The largest absolute Gasteiger partial charge is 1.00 e. The number of anilines is 1. The molecule has 2 N–H and O–H groups in total. The molecule has 2 nitrogen and oxygen atoms in total. The number of nitrogens with two attached hydrogens (primary N) is 1. The average molecular weight is 327 g/mol. The second-order valence-corrected chi connectivity index (χ2v) is 6.27. The van der Waals surface area contributed by atoms with Crippen LogP contribution in [0.2, 0.25) is 0 Å². The Kier molecular flexibility index (Phi) is 4.96. The lowest BCUT2D eigenvalue weighted by molar-refractivity contribution is -0.433. The highest BCUT2D eigenvalue weighted by Gasteiger charge is 2.43. The maximum atomic E-state index is 5.75. The first-order valence-electron chi connectivity index (χ1n) is 7.82. The van der Waals surface area contributed by atoms with Gasteiger partial charge in [0.1, 0.15) is 6.54 Å². The number of hydrogen-bond donors (Lipinski definition) is 1. The van der Waals surface area contributed by atoms with Gasteiger partial charge in [-0.1, -0.05) is 30.3 Å². The Bertz CT molecular complexity index is 755. The van der Waals surface area contributed by atoms with Crippen molar-refractivity contribution in [2.45, 2.75) is 26.2 Å². The van der Waals surface area contributed by atoms with E-state index in [0.29, 0.717) is 0 Å². The molecule has 0 spiro atoms. The van der Waals surface area contributed by atoms with Gasteiger partial charge in [0.15, 0.2) is 5.71 Å². The van der Waals surface area contributed by atoms with Crippen molar-refractivity contribution in [3.8, 4) is 0 Å². The molecule has 0 unspecified atom stereocenters. The molecular formula is C20H23ClN2. The van der Waals surface area contributed by atoms with E-state index in [9.17, 15) is 0 Å². The minimum Gasteiger partial charge on any atom is -1.00 e. The molecule has 1 heterocycles. The molecule has 0 saturated carbocycles. The van der Waals surface area contributed by atoms with Crippen molar-refractivity contribution >= 4 is 23.2 Å². The third-order valence-corrected chi connectivity index (χ3v) is 4.49. The van der Waals surface area contributed by atoms with E-state index in [1.807, 2.05) is 12.1 Å². The Balaban J connectivity index is 0.00000192. The minimum absolute atomic E-state index is 0. The van der Waals surface area contributed by atoms with Crippen LogP contribution in [0.3, 0.4) is 0 Å². The van der Waals surface area contributed by atoms with E-state index in [2.05, 4.69) is 73.9 Å². The maximum absolute atomic E-state index is 5.75. The second kappa shape index (κ2) is 6.59. The van der Waals surface area contributed by atoms with Crippen LogP contribution in [-0.2, 0) is 5.41 Å². The molecule has 2 aromatic carbocycles. The normalized spacial score (nSPS) is 15.6. The van der Waals surface area contributed by atoms with E-state index in [1.165, 1.54) is 22.5 Å². The number of para-hydroxylation sites is 1. The van der Waals surface area contributed by atoms with Gasteiger partial charge in [-0.2, -0.15) is 4.58 Å². The number of hydrogen-bond acceptors (Lipinski definition) is 1. The van der Waals surface area contributed by atoms with E-state index in [0.717, 1.165) is 12.2 Å². The Hall–Kier alpha value is -2.06. The molecule has 0 aromatic heterocycles. The third kappa shape index (κ3) is 3.04. The zero-order valence-corrected chi connectivity index (χ0v) is 14.6. The Morgan fingerprint density at radius 1 is 1.00 bits per heavy atom. The molecule has 2 aromatic rings. The molecule has 0 atom stereocenters. The van der Waals surface area contributed by atoms with Crippen molar-refractivity contribution in [1.82, 2.24) is 0 Å². The van der Waals surface area contributed by atoms with Gasteiger partial charge in [0.05, 0.1) is 5.41 Å². The molecule has 0 fully saturated rings. The first-order chi connectivity index (χ1) is 10.5. The van der Waals surface area contributed by atoms with E-state index >= 15 is 0 Å². The molecule has 0 bridgehead atoms. The van der Waals surface area contributed by atoms with E-state index in [-0.39, 0.29) is 17.8 Å². The van der Waals surface area contributed by atoms with Crippen LogP contribution in [0, 0.1) is 0 Å². The van der Waals surface area contributed by atoms with Crippen LogP contribution in [-0.4, -0.2) is 16.8 Å². The van der Waals surface area contributed by atoms with Gasteiger partial charge in [0.2, 0.25) is 5.69 Å². The molecule has 0 amide bonds. The number of benzene rings is 2. The molecule has 23 heavy (non-hydrogen) atoms. The Morgan fingerprint density at radius 2 is 1.65 bits per heavy atom. The SMILES string of the molecule is CC[N+]1=C(/C=C/c2ccc(N)cc2)C(C)(C)c2ccccc21.[Cl-]. The van der Waals surface area contributed by atoms with Crippen molar-refractivity contribution < 1.29 is 17.0 Å². The first-order valence-corrected chi connectivity index (χ1v) is 7.82. The molecule has 3 heteroatoms. The van der Waals surface area contributed by atoms with Crippen molar-refractivity contribution in [3.05, 3.63) is 65.7 Å². The molecule has 0 radical (unpaired) electrons. The van der Waals surface area contributed by atoms with E-state index in [4.69, 9.17) is 5.73 Å². The van der Waals surface area contributed by atoms with Crippen LogP contribution >= 0.6 is 0 Å². The number of rotatable bonds is 3. The van der Waals surface area contributed by atoms with Gasteiger partial charge < -0.3 is 18.1 Å². The quantitative estimate of drug-likeness (QED) is 0.670. The third-order valence-electron chi connectivity index (χ3n) is 4.49. The molecule has 1 aliphatic rings. The monoisotopic (exact) mass is 326 g/mol. The lowest BCUT2D eigenvalue weighted by Gasteiger charge is -2.15. The fourth-order valence-corrected chi connectivity index (χ4v) is 3.26. The predicted molar refractivity (Wildman–Crippen MR) is 94.8 cm³/mol. The van der Waals surface area contributed by atoms with Crippen LogP contribution < -0.4 is 18.1 Å². The van der Waals surface area contributed by atoms with Crippen LogP contribution in [0.25, 0.3) is 6.08 Å². The van der Waals surface area contributed by atoms with Crippen LogP contribution in [0.15, 0.2) is 54.6 Å². The van der Waals surface area contributed by atoms with Crippen molar-refractivity contribution in [2.24, 2.45) is 0 Å². The number of nitrogens with zero attached hydrogens (tertiary/aromatic N) is 1. The number of halogens is 1. The molecule has 0 aliphatic carbocycles. The smallest absolute Gasteiger partial charge is 0.209 e. The summed E-state index contributed by atoms with van der Waals surface area (Å²) in [6.07, 6.45) is 4.42. The highest BCUT2D eigenvalue weighted by Crippen LogP contribution is 2.39. The van der Waals surface area contributed by atoms with Gasteiger partial charge in [0.25, 0.3) is 0 Å². The average Bonchev–Trinajstić information content (AvgIpc) is 2.74. The minimum atomic E-state index is 0. The van der Waals surface area contributed by atoms with Gasteiger partial charge in [-0.05, 0) is 44.5 Å². The summed E-state index contributed by atoms with van der Waals surface area (Å²) < 4.78 is 2.41. The summed E-state index contributed by atoms with van der Waals surface area (Å²) in [7, 11) is 0. The summed E-state index contributed by atoms with van der Waals surface area (Å²) in [6.45, 7) is 7.77. The van der Waals surface area contributed by atoms with Crippen LogP contribution in [0.1, 0.15) is 31.9 Å². The summed E-state index contributed by atoms with van der Waals surface area (Å²) >= 11 is 0. The Morgan fingerprint density at radius 3 is 2.30 bits per heavy atom. The second-order valence-electron chi connectivity index (χ2n) is 6.27. The summed E-state index contributed by atoms with van der Waals surface area (Å²) in [4.78, 5) is 0. The molecule has 0 saturated heterocycles. The summed E-state index contributed by atoms with van der Waals surface area (Å²) in [5.74, 6) is 0. The fourth-order valence-electron chi connectivity index (χ4n) is 3.26. The lowest BCUT2D eigenvalue weighted by atomic mass is 9.81. The standard InChI is InChI=1S/C20H22N2.ClH/c1-4-22-18-8-6-5-7-17(18)20(2,3)19(22)14-11-15-9-12-16(21)13-10-15;/h5-14,21H,4H2,1-3H3;1H.